The minimum atomic E-state index is -0.298. The number of carbonyl (C=O) groups is 1. The Morgan fingerprint density at radius 3 is 2.65 bits per heavy atom. The van der Waals surface area contributed by atoms with Gasteiger partial charge in [-0.05, 0) is 24.1 Å². The van der Waals surface area contributed by atoms with Gasteiger partial charge in [-0.2, -0.15) is 0 Å². The average Bonchev–Trinajstić information content (AvgIpc) is 2.46. The third kappa shape index (κ3) is 3.51. The highest BCUT2D eigenvalue weighted by Gasteiger charge is 2.11. The van der Waals surface area contributed by atoms with Crippen molar-refractivity contribution in [3.05, 3.63) is 59.2 Å². The molecule has 0 N–H and O–H groups in total. The van der Waals surface area contributed by atoms with Crippen LogP contribution < -0.4 is 8.92 Å². The first-order valence-corrected chi connectivity index (χ1v) is 6.60. The second-order valence-corrected chi connectivity index (χ2v) is 4.48. The Labute approximate surface area is 121 Å². The van der Waals surface area contributed by atoms with Crippen LogP contribution in [0.15, 0.2) is 42.5 Å². The summed E-state index contributed by atoms with van der Waals surface area (Å²) < 4.78 is 22.6. The maximum Gasteiger partial charge on any atom is 0.272 e. The molecule has 0 aliphatic heterocycles. The quantitative estimate of drug-likeness (QED) is 0.587. The van der Waals surface area contributed by atoms with Crippen LogP contribution in [-0.2, 0) is 6.61 Å². The van der Waals surface area contributed by atoms with Crippen molar-refractivity contribution in [2.24, 2.45) is 0 Å². The number of hydrogen-bond donors (Lipinski definition) is 0. The molecule has 0 heterocycles. The molecule has 2 aromatic carbocycles. The number of halogens is 1. The van der Waals surface area contributed by atoms with Gasteiger partial charge in [0, 0.05) is 6.07 Å². The lowest BCUT2D eigenvalue weighted by Gasteiger charge is -2.11. The van der Waals surface area contributed by atoms with E-state index in [2.05, 4.69) is 0 Å². The molecular weight excluding hydrogens is 279 g/mol. The summed E-state index contributed by atoms with van der Waals surface area (Å²) in [7, 11) is 0. The van der Waals surface area contributed by atoms with Crippen LogP contribution in [0.2, 0.25) is 0 Å². The van der Waals surface area contributed by atoms with E-state index in [4.69, 9.17) is 8.92 Å². The predicted octanol–water partition coefficient (Wildman–Crippen LogP) is 4.30. The summed E-state index contributed by atoms with van der Waals surface area (Å²) in [6.07, 6.45) is 0.641. The van der Waals surface area contributed by atoms with Gasteiger partial charge < -0.3 is 8.92 Å². The first-order chi connectivity index (χ1) is 9.74. The molecule has 3 nitrogen and oxygen atoms in total. The number of carbonyl (C=O) groups excluding carboxylic acids is 1. The molecule has 2 aromatic rings. The van der Waals surface area contributed by atoms with Gasteiger partial charge in [-0.25, -0.2) is 0 Å². The highest BCUT2D eigenvalue weighted by molar-refractivity contribution is 7.89. The van der Waals surface area contributed by atoms with Crippen LogP contribution in [0.5, 0.6) is 11.5 Å². The third-order valence-corrected chi connectivity index (χ3v) is 3.05. The van der Waals surface area contributed by atoms with Gasteiger partial charge in [0.1, 0.15) is 12.4 Å². The lowest BCUT2D eigenvalue weighted by molar-refractivity contribution is 0.112. The molecule has 20 heavy (non-hydrogen) atoms. The second-order valence-electron chi connectivity index (χ2n) is 4.19. The van der Waals surface area contributed by atoms with Gasteiger partial charge in [-0.1, -0.05) is 30.3 Å². The molecule has 0 radical (unpaired) electrons. The maximum absolute atomic E-state index is 12.2. The molecule has 0 aromatic heterocycles. The van der Waals surface area contributed by atoms with Crippen molar-refractivity contribution in [2.45, 2.75) is 13.5 Å². The number of benzene rings is 2. The smallest absolute Gasteiger partial charge is 0.272 e. The lowest BCUT2D eigenvalue weighted by atomic mass is 10.1. The van der Waals surface area contributed by atoms with Crippen molar-refractivity contribution in [3.8, 4) is 11.5 Å². The summed E-state index contributed by atoms with van der Waals surface area (Å²) in [5.41, 5.74) is 2.02. The van der Waals surface area contributed by atoms with Gasteiger partial charge in [0.25, 0.3) is 12.4 Å². The predicted molar refractivity (Wildman–Crippen MR) is 76.7 cm³/mol. The van der Waals surface area contributed by atoms with Crippen molar-refractivity contribution >= 4 is 18.7 Å². The zero-order valence-corrected chi connectivity index (χ0v) is 11.7. The first kappa shape index (κ1) is 14.4. The Morgan fingerprint density at radius 1 is 1.25 bits per heavy atom. The van der Waals surface area contributed by atoms with E-state index in [9.17, 15) is 8.68 Å². The molecule has 0 spiro atoms. The van der Waals surface area contributed by atoms with Crippen molar-refractivity contribution in [1.82, 2.24) is 0 Å². The zero-order valence-electron chi connectivity index (χ0n) is 10.8. The van der Waals surface area contributed by atoms with Crippen molar-refractivity contribution in [1.29, 1.82) is 0 Å². The Balaban J connectivity index is 2.18. The van der Waals surface area contributed by atoms with E-state index >= 15 is 0 Å². The summed E-state index contributed by atoms with van der Waals surface area (Å²) in [5.74, 6) is 0.691. The van der Waals surface area contributed by atoms with E-state index < -0.39 is 0 Å². The molecule has 0 saturated carbocycles. The SMILES string of the molecule is Cc1cc(OCc2ccccc2)cc(OSF)c1C=O. The number of hydrogen-bond acceptors (Lipinski definition) is 4. The van der Waals surface area contributed by atoms with E-state index in [0.29, 0.717) is 29.8 Å². The van der Waals surface area contributed by atoms with Crippen molar-refractivity contribution < 1.29 is 17.6 Å². The fourth-order valence-corrected chi connectivity index (χ4v) is 2.02. The van der Waals surface area contributed by atoms with E-state index in [1.165, 1.54) is 6.07 Å². The Bertz CT molecular complexity index is 587. The standard InChI is InChI=1S/C15H13FO3S/c1-11-7-13(8-15(19-20-16)14(11)9-17)18-10-12-5-3-2-4-6-12/h2-9H,10H2,1H3. The summed E-state index contributed by atoms with van der Waals surface area (Å²) in [6, 6.07) is 12.9. The summed E-state index contributed by atoms with van der Waals surface area (Å²) in [4.78, 5) is 11.0. The summed E-state index contributed by atoms with van der Waals surface area (Å²) in [5, 5.41) is 0. The van der Waals surface area contributed by atoms with Crippen LogP contribution in [0.4, 0.5) is 3.89 Å². The van der Waals surface area contributed by atoms with E-state index in [-0.39, 0.29) is 18.2 Å². The maximum atomic E-state index is 12.2. The lowest BCUT2D eigenvalue weighted by Crippen LogP contribution is -1.98. The average molecular weight is 292 g/mol. The van der Waals surface area contributed by atoms with Crippen LogP contribution in [0, 0.1) is 6.92 Å². The normalized spacial score (nSPS) is 10.1. The molecule has 0 unspecified atom stereocenters. The number of rotatable bonds is 6. The molecule has 0 bridgehead atoms. The largest absolute Gasteiger partial charge is 0.489 e. The molecule has 5 heteroatoms. The monoisotopic (exact) mass is 292 g/mol. The van der Waals surface area contributed by atoms with Gasteiger partial charge in [0.05, 0.1) is 5.56 Å². The first-order valence-electron chi connectivity index (χ1n) is 5.96. The van der Waals surface area contributed by atoms with Crippen molar-refractivity contribution in [2.75, 3.05) is 0 Å². The van der Waals surface area contributed by atoms with Gasteiger partial charge >= 0.3 is 0 Å². The summed E-state index contributed by atoms with van der Waals surface area (Å²) >= 11 is -0.298. The fraction of sp³-hybridized carbons (Fsp3) is 0.133. The van der Waals surface area contributed by atoms with E-state index in [0.717, 1.165) is 5.56 Å². The van der Waals surface area contributed by atoms with Gasteiger partial charge in [-0.3, -0.25) is 4.79 Å². The highest BCUT2D eigenvalue weighted by atomic mass is 32.2. The molecule has 0 aliphatic carbocycles. The molecule has 2 rings (SSSR count). The van der Waals surface area contributed by atoms with Gasteiger partial charge in [0.2, 0.25) is 0 Å². The zero-order chi connectivity index (χ0) is 14.4. The minimum absolute atomic E-state index is 0.163. The van der Waals surface area contributed by atoms with Crippen molar-refractivity contribution in [3.63, 3.8) is 0 Å². The topological polar surface area (TPSA) is 35.5 Å². The molecule has 0 aliphatic rings. The number of aryl methyl sites for hydroxylation is 1. The second kappa shape index (κ2) is 6.96. The Hall–Kier alpha value is -2.01. The highest BCUT2D eigenvalue weighted by Crippen LogP contribution is 2.30. The molecular formula is C15H13FO3S. The number of aldehydes is 1. The summed E-state index contributed by atoms with van der Waals surface area (Å²) in [6.45, 7) is 2.14. The molecule has 0 amide bonds. The fourth-order valence-electron chi connectivity index (χ4n) is 1.81. The van der Waals surface area contributed by atoms with Crippen LogP contribution >= 0.6 is 12.4 Å². The van der Waals surface area contributed by atoms with Gasteiger partial charge in [0.15, 0.2) is 12.0 Å². The van der Waals surface area contributed by atoms with Crippen LogP contribution in [0.3, 0.4) is 0 Å². The van der Waals surface area contributed by atoms with E-state index in [1.54, 1.807) is 13.0 Å². The Kier molecular flexibility index (Phi) is 5.01. The third-order valence-electron chi connectivity index (χ3n) is 2.81. The molecule has 0 atom stereocenters. The van der Waals surface area contributed by atoms with Crippen LogP contribution in [0.1, 0.15) is 21.5 Å². The van der Waals surface area contributed by atoms with E-state index in [1.807, 2.05) is 30.3 Å². The van der Waals surface area contributed by atoms with Crippen LogP contribution in [-0.4, -0.2) is 6.29 Å². The van der Waals surface area contributed by atoms with Gasteiger partial charge in [-0.15, -0.1) is 3.89 Å². The number of ether oxygens (including phenoxy) is 1. The molecule has 0 saturated heterocycles. The minimum Gasteiger partial charge on any atom is -0.489 e. The molecule has 0 fully saturated rings. The Morgan fingerprint density at radius 2 is 2.00 bits per heavy atom. The molecule has 104 valence electrons. The van der Waals surface area contributed by atoms with Crippen LogP contribution in [0.25, 0.3) is 0 Å².